The molecular formula is C14H16O5. The summed E-state index contributed by atoms with van der Waals surface area (Å²) in [4.78, 5) is 22.4. The molecule has 0 aliphatic carbocycles. The van der Waals surface area contributed by atoms with Gasteiger partial charge in [0.2, 0.25) is 0 Å². The first kappa shape index (κ1) is 14.8. The lowest BCUT2D eigenvalue weighted by Crippen LogP contribution is -2.10. The molecule has 102 valence electrons. The number of ether oxygens (including phenoxy) is 2. The third-order valence-corrected chi connectivity index (χ3v) is 2.53. The van der Waals surface area contributed by atoms with Crippen LogP contribution in [-0.4, -0.2) is 30.6 Å². The zero-order valence-electron chi connectivity index (χ0n) is 10.9. The van der Waals surface area contributed by atoms with E-state index in [0.717, 1.165) is 0 Å². The standard InChI is InChI=1S/C14H16O5/c1-4-9(2)14(17)11-6-5-10(7-12(11)18-3)19-8-13(15)16/h5-7H,2,4,8H2,1,3H3,(H,15,16). The Morgan fingerprint density at radius 3 is 2.58 bits per heavy atom. The zero-order chi connectivity index (χ0) is 14.4. The Labute approximate surface area is 111 Å². The van der Waals surface area contributed by atoms with Gasteiger partial charge in [0.15, 0.2) is 12.4 Å². The van der Waals surface area contributed by atoms with E-state index in [4.69, 9.17) is 14.6 Å². The number of benzene rings is 1. The molecule has 1 aromatic rings. The van der Waals surface area contributed by atoms with Crippen LogP contribution in [0.5, 0.6) is 11.5 Å². The number of allylic oxidation sites excluding steroid dienone is 1. The van der Waals surface area contributed by atoms with E-state index in [1.54, 1.807) is 6.07 Å². The van der Waals surface area contributed by atoms with Crippen molar-refractivity contribution in [2.24, 2.45) is 0 Å². The van der Waals surface area contributed by atoms with Crippen molar-refractivity contribution in [3.63, 3.8) is 0 Å². The zero-order valence-corrected chi connectivity index (χ0v) is 10.9. The van der Waals surface area contributed by atoms with Crippen molar-refractivity contribution in [1.82, 2.24) is 0 Å². The van der Waals surface area contributed by atoms with Gasteiger partial charge in [-0.1, -0.05) is 13.5 Å². The van der Waals surface area contributed by atoms with Gasteiger partial charge in [0.1, 0.15) is 11.5 Å². The van der Waals surface area contributed by atoms with Crippen molar-refractivity contribution >= 4 is 11.8 Å². The van der Waals surface area contributed by atoms with E-state index in [9.17, 15) is 9.59 Å². The Bertz CT molecular complexity index is 505. The van der Waals surface area contributed by atoms with Gasteiger partial charge in [-0.05, 0) is 24.1 Å². The van der Waals surface area contributed by atoms with Gasteiger partial charge in [-0.3, -0.25) is 4.79 Å². The first-order valence-electron chi connectivity index (χ1n) is 5.74. The molecule has 0 aliphatic heterocycles. The Morgan fingerprint density at radius 2 is 2.05 bits per heavy atom. The van der Waals surface area contributed by atoms with E-state index in [2.05, 4.69) is 6.58 Å². The third kappa shape index (κ3) is 3.84. The number of methoxy groups -OCH3 is 1. The normalized spacial score (nSPS) is 9.79. The van der Waals surface area contributed by atoms with E-state index in [0.29, 0.717) is 29.1 Å². The molecule has 0 saturated heterocycles. The molecule has 0 unspecified atom stereocenters. The molecule has 0 bridgehead atoms. The van der Waals surface area contributed by atoms with E-state index in [-0.39, 0.29) is 5.78 Å². The van der Waals surface area contributed by atoms with Crippen LogP contribution in [0.25, 0.3) is 0 Å². The van der Waals surface area contributed by atoms with Crippen LogP contribution in [0.1, 0.15) is 23.7 Å². The quantitative estimate of drug-likeness (QED) is 0.604. The maximum Gasteiger partial charge on any atom is 0.341 e. The minimum atomic E-state index is -1.07. The number of carbonyl (C=O) groups excluding carboxylic acids is 1. The second-order valence-electron chi connectivity index (χ2n) is 3.83. The minimum Gasteiger partial charge on any atom is -0.496 e. The molecule has 1 aromatic carbocycles. The smallest absolute Gasteiger partial charge is 0.341 e. The lowest BCUT2D eigenvalue weighted by molar-refractivity contribution is -0.139. The SMILES string of the molecule is C=C(CC)C(=O)c1ccc(OCC(=O)O)cc1OC. The van der Waals surface area contributed by atoms with Crippen LogP contribution >= 0.6 is 0 Å². The molecule has 0 radical (unpaired) electrons. The highest BCUT2D eigenvalue weighted by Gasteiger charge is 2.15. The Hall–Kier alpha value is -2.30. The first-order chi connectivity index (χ1) is 8.99. The first-order valence-corrected chi connectivity index (χ1v) is 5.74. The van der Waals surface area contributed by atoms with Crippen molar-refractivity contribution in [2.75, 3.05) is 13.7 Å². The Balaban J connectivity index is 2.99. The van der Waals surface area contributed by atoms with Gasteiger partial charge in [0.05, 0.1) is 12.7 Å². The number of hydrogen-bond acceptors (Lipinski definition) is 4. The maximum atomic E-state index is 12.0. The number of carbonyl (C=O) groups is 2. The van der Waals surface area contributed by atoms with Crippen LogP contribution < -0.4 is 9.47 Å². The third-order valence-electron chi connectivity index (χ3n) is 2.53. The van der Waals surface area contributed by atoms with Crippen LogP contribution in [0.15, 0.2) is 30.4 Å². The predicted molar refractivity (Wildman–Crippen MR) is 69.9 cm³/mol. The van der Waals surface area contributed by atoms with E-state index >= 15 is 0 Å². The van der Waals surface area contributed by atoms with Crippen molar-refractivity contribution in [3.05, 3.63) is 35.9 Å². The molecule has 0 fully saturated rings. The molecule has 0 amide bonds. The fourth-order valence-corrected chi connectivity index (χ4v) is 1.44. The van der Waals surface area contributed by atoms with Gasteiger partial charge >= 0.3 is 5.97 Å². The van der Waals surface area contributed by atoms with Crippen molar-refractivity contribution in [2.45, 2.75) is 13.3 Å². The Morgan fingerprint density at radius 1 is 1.37 bits per heavy atom. The maximum absolute atomic E-state index is 12.0. The monoisotopic (exact) mass is 264 g/mol. The van der Waals surface area contributed by atoms with Gasteiger partial charge in [0.25, 0.3) is 0 Å². The predicted octanol–water partition coefficient (Wildman–Crippen LogP) is 2.31. The van der Waals surface area contributed by atoms with E-state index < -0.39 is 12.6 Å². The highest BCUT2D eigenvalue weighted by atomic mass is 16.5. The number of carboxylic acids is 1. The molecule has 0 aliphatic rings. The summed E-state index contributed by atoms with van der Waals surface area (Å²) in [5, 5.41) is 8.53. The number of rotatable bonds is 7. The van der Waals surface area contributed by atoms with Gasteiger partial charge in [-0.15, -0.1) is 0 Å². The summed E-state index contributed by atoms with van der Waals surface area (Å²) in [5.41, 5.74) is 0.870. The summed E-state index contributed by atoms with van der Waals surface area (Å²) in [7, 11) is 1.43. The number of ketones is 1. The average Bonchev–Trinajstić information content (AvgIpc) is 2.42. The minimum absolute atomic E-state index is 0.191. The molecule has 5 heteroatoms. The number of aliphatic carboxylic acids is 1. The summed E-state index contributed by atoms with van der Waals surface area (Å²) >= 11 is 0. The highest BCUT2D eigenvalue weighted by Crippen LogP contribution is 2.27. The second kappa shape index (κ2) is 6.58. The van der Waals surface area contributed by atoms with Crippen LogP contribution in [0.3, 0.4) is 0 Å². The fourth-order valence-electron chi connectivity index (χ4n) is 1.44. The fraction of sp³-hybridized carbons (Fsp3) is 0.286. The highest BCUT2D eigenvalue weighted by molar-refractivity contribution is 6.10. The molecule has 1 rings (SSSR count). The summed E-state index contributed by atoms with van der Waals surface area (Å²) in [6.45, 7) is 5.09. The topological polar surface area (TPSA) is 72.8 Å². The molecule has 19 heavy (non-hydrogen) atoms. The lowest BCUT2D eigenvalue weighted by atomic mass is 10.0. The van der Waals surface area contributed by atoms with Crippen molar-refractivity contribution in [1.29, 1.82) is 0 Å². The molecule has 0 atom stereocenters. The van der Waals surface area contributed by atoms with Gasteiger partial charge in [0, 0.05) is 6.07 Å². The van der Waals surface area contributed by atoms with Crippen molar-refractivity contribution < 1.29 is 24.2 Å². The number of hydrogen-bond donors (Lipinski definition) is 1. The van der Waals surface area contributed by atoms with E-state index in [1.165, 1.54) is 19.2 Å². The molecule has 5 nitrogen and oxygen atoms in total. The average molecular weight is 264 g/mol. The molecule has 0 spiro atoms. The molecule has 0 saturated carbocycles. The molecule has 0 heterocycles. The Kier molecular flexibility index (Phi) is 5.11. The van der Waals surface area contributed by atoms with Gasteiger partial charge in [-0.2, -0.15) is 0 Å². The second-order valence-corrected chi connectivity index (χ2v) is 3.83. The van der Waals surface area contributed by atoms with Crippen LogP contribution in [0.4, 0.5) is 0 Å². The molecule has 0 aromatic heterocycles. The number of carboxylic acid groups (broad SMARTS) is 1. The number of Topliss-reactive ketones (excluding diaryl/α,β-unsaturated/α-hetero) is 1. The van der Waals surface area contributed by atoms with Gasteiger partial charge < -0.3 is 14.6 Å². The summed E-state index contributed by atoms with van der Waals surface area (Å²) < 4.78 is 10.1. The summed E-state index contributed by atoms with van der Waals surface area (Å²) in [6, 6.07) is 4.56. The molecule has 1 N–H and O–H groups in total. The summed E-state index contributed by atoms with van der Waals surface area (Å²) in [5.74, 6) is -0.594. The van der Waals surface area contributed by atoms with E-state index in [1.807, 2.05) is 6.92 Å². The van der Waals surface area contributed by atoms with Crippen LogP contribution in [0.2, 0.25) is 0 Å². The lowest BCUT2D eigenvalue weighted by Gasteiger charge is -2.11. The van der Waals surface area contributed by atoms with Gasteiger partial charge in [-0.25, -0.2) is 4.79 Å². The molecular weight excluding hydrogens is 248 g/mol. The summed E-state index contributed by atoms with van der Waals surface area (Å²) in [6.07, 6.45) is 0.555. The van der Waals surface area contributed by atoms with Crippen LogP contribution in [0, 0.1) is 0 Å². The largest absolute Gasteiger partial charge is 0.496 e. The van der Waals surface area contributed by atoms with Crippen molar-refractivity contribution in [3.8, 4) is 11.5 Å². The van der Waals surface area contributed by atoms with Crippen LogP contribution in [-0.2, 0) is 4.79 Å².